The van der Waals surface area contributed by atoms with Crippen LogP contribution in [-0.2, 0) is 27.6 Å². The number of hydrogen-bond donors (Lipinski definition) is 1. The van der Waals surface area contributed by atoms with Crippen LogP contribution in [0.25, 0.3) is 0 Å². The van der Waals surface area contributed by atoms with Crippen molar-refractivity contribution in [3.63, 3.8) is 0 Å². The molecule has 2 unspecified atom stereocenters. The number of rotatable bonds is 7. The van der Waals surface area contributed by atoms with E-state index in [0.717, 1.165) is 17.7 Å². The second-order valence-electron chi connectivity index (χ2n) is 10.8. The molecule has 0 saturated carbocycles. The van der Waals surface area contributed by atoms with Crippen LogP contribution >= 0.6 is 0 Å². The molecule has 1 aromatic heterocycles. The lowest BCUT2D eigenvalue weighted by Gasteiger charge is -2.36. The molecular weight excluding hydrogens is 446 g/mol. The Balaban J connectivity index is 2.39. The van der Waals surface area contributed by atoms with E-state index in [4.69, 9.17) is 4.43 Å². The van der Waals surface area contributed by atoms with Gasteiger partial charge in [-0.15, -0.1) is 0 Å². The Labute approximate surface area is 194 Å². The summed E-state index contributed by atoms with van der Waals surface area (Å²) in [5.74, 6) is -1.89. The zero-order valence-electron chi connectivity index (χ0n) is 20.6. The highest BCUT2D eigenvalue weighted by atomic mass is 32.2. The largest absolute Gasteiger partial charge is 0.413 e. The number of aromatic nitrogens is 1. The molecule has 0 spiro atoms. The SMILES string of the molecule is CC(NS(=O)C(C)(C)C)(c1ccc(F)c(F)c1)c1ccc(CO[Si](C)(C)C(C)(C)C)cn1. The fourth-order valence-electron chi connectivity index (χ4n) is 2.69. The van der Waals surface area contributed by atoms with Gasteiger partial charge in [-0.2, -0.15) is 0 Å². The normalized spacial score (nSPS) is 16.0. The van der Waals surface area contributed by atoms with Crippen LogP contribution in [0.1, 0.15) is 65.3 Å². The molecule has 2 aromatic rings. The van der Waals surface area contributed by atoms with Crippen molar-refractivity contribution in [2.24, 2.45) is 0 Å². The molecule has 0 aliphatic heterocycles. The van der Waals surface area contributed by atoms with Gasteiger partial charge in [0.25, 0.3) is 0 Å². The van der Waals surface area contributed by atoms with E-state index in [1.54, 1.807) is 13.1 Å². The summed E-state index contributed by atoms with van der Waals surface area (Å²) in [6.07, 6.45) is 1.72. The van der Waals surface area contributed by atoms with Gasteiger partial charge in [-0.1, -0.05) is 32.9 Å². The average molecular weight is 483 g/mol. The molecule has 1 aromatic carbocycles. The lowest BCUT2D eigenvalue weighted by molar-refractivity contribution is 0.276. The Morgan fingerprint density at radius 3 is 2.09 bits per heavy atom. The van der Waals surface area contributed by atoms with Crippen molar-refractivity contribution in [3.8, 4) is 0 Å². The first kappa shape index (κ1) is 26.8. The van der Waals surface area contributed by atoms with Gasteiger partial charge >= 0.3 is 0 Å². The van der Waals surface area contributed by atoms with Crippen molar-refractivity contribution in [3.05, 3.63) is 65.0 Å². The predicted molar refractivity (Wildman–Crippen MR) is 130 cm³/mol. The van der Waals surface area contributed by atoms with Crippen molar-refractivity contribution in [2.45, 2.75) is 83.5 Å². The maximum atomic E-state index is 14.1. The molecule has 0 bridgehead atoms. The maximum Gasteiger partial charge on any atom is 0.192 e. The van der Waals surface area contributed by atoms with E-state index in [1.807, 2.05) is 32.9 Å². The summed E-state index contributed by atoms with van der Waals surface area (Å²) in [4.78, 5) is 4.60. The number of nitrogens with one attached hydrogen (secondary N) is 1. The Hall–Kier alpha value is -1.48. The molecule has 32 heavy (non-hydrogen) atoms. The number of pyridine rings is 1. The van der Waals surface area contributed by atoms with Gasteiger partial charge in [0.15, 0.2) is 20.0 Å². The van der Waals surface area contributed by atoms with Crippen molar-refractivity contribution in [1.29, 1.82) is 0 Å². The van der Waals surface area contributed by atoms with Crippen LogP contribution in [0.5, 0.6) is 0 Å². The quantitative estimate of drug-likeness (QED) is 0.478. The average Bonchev–Trinajstić information content (AvgIpc) is 2.67. The zero-order chi connectivity index (χ0) is 24.5. The van der Waals surface area contributed by atoms with Gasteiger partial charge in [-0.05, 0) is 75.2 Å². The second kappa shape index (κ2) is 9.41. The van der Waals surface area contributed by atoms with E-state index in [1.165, 1.54) is 6.07 Å². The zero-order valence-corrected chi connectivity index (χ0v) is 22.4. The molecule has 2 atom stereocenters. The van der Waals surface area contributed by atoms with Crippen molar-refractivity contribution >= 4 is 19.3 Å². The summed E-state index contributed by atoms with van der Waals surface area (Å²) in [5, 5.41) is 0.104. The third-order valence-corrected chi connectivity index (χ3v) is 12.3. The van der Waals surface area contributed by atoms with Crippen LogP contribution in [0, 0.1) is 11.6 Å². The fraction of sp³-hybridized carbons (Fsp3) is 0.542. The van der Waals surface area contributed by atoms with Crippen LogP contribution < -0.4 is 4.72 Å². The minimum Gasteiger partial charge on any atom is -0.413 e. The highest BCUT2D eigenvalue weighted by Gasteiger charge is 2.38. The third kappa shape index (κ3) is 6.10. The van der Waals surface area contributed by atoms with Gasteiger partial charge in [-0.25, -0.2) is 17.7 Å². The first-order valence-corrected chi connectivity index (χ1v) is 14.8. The summed E-state index contributed by atoms with van der Waals surface area (Å²) in [6.45, 7) is 18.7. The molecule has 1 heterocycles. The first-order chi connectivity index (χ1) is 14.5. The second-order valence-corrected chi connectivity index (χ2v) is 17.6. The van der Waals surface area contributed by atoms with Crippen LogP contribution in [0.4, 0.5) is 8.78 Å². The molecule has 1 N–H and O–H groups in total. The fourth-order valence-corrected chi connectivity index (χ4v) is 4.55. The molecule has 0 aliphatic carbocycles. The topological polar surface area (TPSA) is 51.2 Å². The van der Waals surface area contributed by atoms with Crippen LogP contribution in [0.3, 0.4) is 0 Å². The molecule has 0 amide bonds. The van der Waals surface area contributed by atoms with Gasteiger partial charge in [-0.3, -0.25) is 4.98 Å². The summed E-state index contributed by atoms with van der Waals surface area (Å²) in [5.41, 5.74) is 0.818. The summed E-state index contributed by atoms with van der Waals surface area (Å²) < 4.78 is 49.4. The smallest absolute Gasteiger partial charge is 0.192 e. The van der Waals surface area contributed by atoms with E-state index in [2.05, 4.69) is 43.6 Å². The van der Waals surface area contributed by atoms with E-state index < -0.39 is 41.2 Å². The lowest BCUT2D eigenvalue weighted by atomic mass is 9.89. The van der Waals surface area contributed by atoms with Gasteiger partial charge in [0.1, 0.15) is 0 Å². The molecule has 0 aliphatic rings. The van der Waals surface area contributed by atoms with Crippen molar-refractivity contribution in [1.82, 2.24) is 9.71 Å². The highest BCUT2D eigenvalue weighted by molar-refractivity contribution is 7.84. The van der Waals surface area contributed by atoms with Gasteiger partial charge in [0.2, 0.25) is 0 Å². The predicted octanol–water partition coefficient (Wildman–Crippen LogP) is 6.20. The standard InChI is InChI=1S/C24H36F2N2O2SSi/c1-22(2,3)31(29)28-24(7,18-11-12-19(25)20(26)14-18)21-13-10-17(15-27-21)16-30-32(8,9)23(4,5)6/h10-15,28H,16H2,1-9H3. The van der Waals surface area contributed by atoms with Crippen molar-refractivity contribution in [2.75, 3.05) is 0 Å². The van der Waals surface area contributed by atoms with Crippen molar-refractivity contribution < 1.29 is 17.4 Å². The molecule has 4 nitrogen and oxygen atoms in total. The van der Waals surface area contributed by atoms with E-state index in [-0.39, 0.29) is 5.04 Å². The summed E-state index contributed by atoms with van der Waals surface area (Å²) >= 11 is 0. The minimum absolute atomic E-state index is 0.104. The van der Waals surface area contributed by atoms with E-state index >= 15 is 0 Å². The Kier molecular flexibility index (Phi) is 7.87. The highest BCUT2D eigenvalue weighted by Crippen LogP contribution is 2.37. The number of benzene rings is 1. The van der Waals surface area contributed by atoms with Crippen LogP contribution in [0.2, 0.25) is 18.1 Å². The number of nitrogens with zero attached hydrogens (tertiary/aromatic N) is 1. The van der Waals surface area contributed by atoms with E-state index in [0.29, 0.717) is 17.9 Å². The molecular formula is C24H36F2N2O2SSi. The molecule has 8 heteroatoms. The Morgan fingerprint density at radius 2 is 1.62 bits per heavy atom. The monoisotopic (exact) mass is 482 g/mol. The summed E-state index contributed by atoms with van der Waals surface area (Å²) in [6, 6.07) is 7.42. The maximum absolute atomic E-state index is 14.1. The number of hydrogen-bond acceptors (Lipinski definition) is 3. The molecule has 0 radical (unpaired) electrons. The number of halogens is 2. The third-order valence-electron chi connectivity index (χ3n) is 6.09. The van der Waals surface area contributed by atoms with Gasteiger partial charge < -0.3 is 4.43 Å². The lowest BCUT2D eigenvalue weighted by Crippen LogP contribution is -2.47. The Bertz CT molecular complexity index is 969. The van der Waals surface area contributed by atoms with Gasteiger partial charge in [0.05, 0.1) is 33.6 Å². The molecule has 0 fully saturated rings. The summed E-state index contributed by atoms with van der Waals surface area (Å²) in [7, 11) is -3.38. The van der Waals surface area contributed by atoms with Gasteiger partial charge in [0, 0.05) is 6.20 Å². The molecule has 0 saturated heterocycles. The first-order valence-electron chi connectivity index (χ1n) is 10.7. The minimum atomic E-state index is -1.90. The molecule has 2 rings (SSSR count). The van der Waals surface area contributed by atoms with E-state index in [9.17, 15) is 13.0 Å². The van der Waals surface area contributed by atoms with Crippen LogP contribution in [0.15, 0.2) is 36.5 Å². The Morgan fingerprint density at radius 1 is 1.00 bits per heavy atom. The van der Waals surface area contributed by atoms with Crippen LogP contribution in [-0.4, -0.2) is 22.3 Å². The molecule has 178 valence electrons.